The molecular formula is C15H24N2O3. The van der Waals surface area contributed by atoms with Crippen molar-refractivity contribution in [1.82, 2.24) is 10.2 Å². The number of benzene rings is 1. The third kappa shape index (κ3) is 3.35. The van der Waals surface area contributed by atoms with Crippen LogP contribution in [0.2, 0.25) is 0 Å². The lowest BCUT2D eigenvalue weighted by molar-refractivity contribution is 0.362. The normalized spacial score (nSPS) is 19.1. The van der Waals surface area contributed by atoms with E-state index in [0.717, 1.165) is 42.4 Å². The van der Waals surface area contributed by atoms with Gasteiger partial charge in [-0.3, -0.25) is 0 Å². The van der Waals surface area contributed by atoms with Crippen molar-refractivity contribution >= 4 is 0 Å². The smallest absolute Gasteiger partial charge is 0.130 e. The number of ether oxygens (including phenoxy) is 3. The van der Waals surface area contributed by atoms with Crippen LogP contribution in [0.4, 0.5) is 0 Å². The van der Waals surface area contributed by atoms with Crippen molar-refractivity contribution in [3.63, 3.8) is 0 Å². The molecule has 112 valence electrons. The van der Waals surface area contributed by atoms with E-state index in [1.54, 1.807) is 21.3 Å². The highest BCUT2D eigenvalue weighted by atomic mass is 16.5. The first-order valence-corrected chi connectivity index (χ1v) is 6.88. The molecule has 0 aliphatic carbocycles. The van der Waals surface area contributed by atoms with Crippen molar-refractivity contribution in [2.24, 2.45) is 0 Å². The first-order chi connectivity index (χ1) is 9.67. The lowest BCUT2D eigenvalue weighted by Crippen LogP contribution is -2.31. The van der Waals surface area contributed by atoms with E-state index in [1.165, 1.54) is 6.42 Å². The maximum absolute atomic E-state index is 5.46. The monoisotopic (exact) mass is 280 g/mol. The van der Waals surface area contributed by atoms with Crippen LogP contribution >= 0.6 is 0 Å². The summed E-state index contributed by atoms with van der Waals surface area (Å²) in [4.78, 5) is 2.33. The minimum absolute atomic E-state index is 0.525. The predicted octanol–water partition coefficient (Wildman–Crippen LogP) is 1.51. The Labute approximate surface area is 120 Å². The number of nitrogens with one attached hydrogen (secondary N) is 1. The maximum atomic E-state index is 5.46. The summed E-state index contributed by atoms with van der Waals surface area (Å²) in [6, 6.07) is 4.30. The minimum atomic E-state index is 0.525. The van der Waals surface area contributed by atoms with Gasteiger partial charge in [-0.25, -0.2) is 0 Å². The molecule has 5 heteroatoms. The summed E-state index contributed by atoms with van der Waals surface area (Å²) in [6.45, 7) is 2.96. The van der Waals surface area contributed by atoms with Crippen LogP contribution in [0.3, 0.4) is 0 Å². The zero-order chi connectivity index (χ0) is 14.5. The topological polar surface area (TPSA) is 43.0 Å². The van der Waals surface area contributed by atoms with Gasteiger partial charge in [0.25, 0.3) is 0 Å². The van der Waals surface area contributed by atoms with Gasteiger partial charge in [-0.05, 0) is 20.0 Å². The fourth-order valence-electron chi connectivity index (χ4n) is 2.60. The Balaban J connectivity index is 2.12. The Bertz CT molecular complexity index is 426. The van der Waals surface area contributed by atoms with Crippen molar-refractivity contribution in [2.75, 3.05) is 41.5 Å². The molecule has 1 heterocycles. The van der Waals surface area contributed by atoms with E-state index in [0.29, 0.717) is 6.04 Å². The van der Waals surface area contributed by atoms with Gasteiger partial charge in [0.2, 0.25) is 0 Å². The van der Waals surface area contributed by atoms with E-state index < -0.39 is 0 Å². The second kappa shape index (κ2) is 6.81. The van der Waals surface area contributed by atoms with E-state index in [4.69, 9.17) is 14.2 Å². The molecule has 1 aromatic rings. The third-order valence-electron chi connectivity index (χ3n) is 3.78. The van der Waals surface area contributed by atoms with Gasteiger partial charge in [0.15, 0.2) is 0 Å². The molecule has 1 N–H and O–H groups in total. The van der Waals surface area contributed by atoms with Crippen molar-refractivity contribution in [3.05, 3.63) is 17.7 Å². The lowest BCUT2D eigenvalue weighted by Gasteiger charge is -2.18. The quantitative estimate of drug-likeness (QED) is 0.855. The standard InChI is InChI=1S/C15H24N2O3/c1-17-6-5-11(10-17)16-9-13-14(19-3)7-12(18-2)8-15(13)20-4/h7-8,11,16H,5-6,9-10H2,1-4H3. The SMILES string of the molecule is COc1cc(OC)c(CNC2CCN(C)C2)c(OC)c1. The van der Waals surface area contributed by atoms with Crippen molar-refractivity contribution in [1.29, 1.82) is 0 Å². The predicted molar refractivity (Wildman–Crippen MR) is 78.8 cm³/mol. The van der Waals surface area contributed by atoms with E-state index in [9.17, 15) is 0 Å². The number of rotatable bonds is 6. The number of likely N-dealkylation sites (N-methyl/N-ethyl adjacent to an activating group) is 1. The molecule has 1 aromatic carbocycles. The highest BCUT2D eigenvalue weighted by molar-refractivity contribution is 5.50. The van der Waals surface area contributed by atoms with Gasteiger partial charge in [-0.15, -0.1) is 0 Å². The largest absolute Gasteiger partial charge is 0.496 e. The van der Waals surface area contributed by atoms with Gasteiger partial charge in [-0.2, -0.15) is 0 Å². The third-order valence-corrected chi connectivity index (χ3v) is 3.78. The number of hydrogen-bond donors (Lipinski definition) is 1. The molecule has 0 aromatic heterocycles. The summed E-state index contributed by atoms with van der Waals surface area (Å²) in [5.41, 5.74) is 1.03. The molecule has 0 amide bonds. The second-order valence-electron chi connectivity index (χ2n) is 5.14. The average Bonchev–Trinajstić information content (AvgIpc) is 2.89. The first kappa shape index (κ1) is 14.9. The Hall–Kier alpha value is -1.46. The minimum Gasteiger partial charge on any atom is -0.496 e. The Morgan fingerprint density at radius 2 is 1.80 bits per heavy atom. The highest BCUT2D eigenvalue weighted by Gasteiger charge is 2.20. The molecule has 20 heavy (non-hydrogen) atoms. The van der Waals surface area contributed by atoms with E-state index in [1.807, 2.05) is 12.1 Å². The molecule has 0 saturated carbocycles. The number of methoxy groups -OCH3 is 3. The molecule has 1 saturated heterocycles. The van der Waals surface area contributed by atoms with Crippen LogP contribution in [-0.2, 0) is 6.54 Å². The molecule has 2 rings (SSSR count). The Morgan fingerprint density at radius 3 is 2.25 bits per heavy atom. The van der Waals surface area contributed by atoms with Gasteiger partial charge < -0.3 is 24.4 Å². The summed E-state index contributed by atoms with van der Waals surface area (Å²) < 4.78 is 16.2. The van der Waals surface area contributed by atoms with Crippen LogP contribution in [0.15, 0.2) is 12.1 Å². The number of nitrogens with zero attached hydrogens (tertiary/aromatic N) is 1. The fraction of sp³-hybridized carbons (Fsp3) is 0.600. The van der Waals surface area contributed by atoms with Crippen LogP contribution in [0.25, 0.3) is 0 Å². The zero-order valence-corrected chi connectivity index (χ0v) is 12.7. The first-order valence-electron chi connectivity index (χ1n) is 6.88. The van der Waals surface area contributed by atoms with Crippen LogP contribution in [0.1, 0.15) is 12.0 Å². The number of likely N-dealkylation sites (tertiary alicyclic amines) is 1. The van der Waals surface area contributed by atoms with Crippen molar-refractivity contribution < 1.29 is 14.2 Å². The summed E-state index contributed by atoms with van der Waals surface area (Å²) in [5, 5.41) is 3.57. The molecule has 5 nitrogen and oxygen atoms in total. The molecular weight excluding hydrogens is 256 g/mol. The molecule has 0 spiro atoms. The van der Waals surface area contributed by atoms with Gasteiger partial charge in [0.1, 0.15) is 17.2 Å². The molecule has 0 bridgehead atoms. The summed E-state index contributed by atoms with van der Waals surface area (Å²) in [6.07, 6.45) is 1.18. The molecule has 0 radical (unpaired) electrons. The molecule has 1 atom stereocenters. The van der Waals surface area contributed by atoms with E-state index in [2.05, 4.69) is 17.3 Å². The molecule has 1 fully saturated rings. The molecule has 1 unspecified atom stereocenters. The summed E-state index contributed by atoms with van der Waals surface area (Å²) in [7, 11) is 7.12. The van der Waals surface area contributed by atoms with Crippen LogP contribution in [0.5, 0.6) is 17.2 Å². The second-order valence-corrected chi connectivity index (χ2v) is 5.14. The van der Waals surface area contributed by atoms with Crippen LogP contribution in [0, 0.1) is 0 Å². The van der Waals surface area contributed by atoms with E-state index >= 15 is 0 Å². The fourth-order valence-corrected chi connectivity index (χ4v) is 2.60. The highest BCUT2D eigenvalue weighted by Crippen LogP contribution is 2.34. The van der Waals surface area contributed by atoms with Gasteiger partial charge >= 0.3 is 0 Å². The Morgan fingerprint density at radius 1 is 1.15 bits per heavy atom. The van der Waals surface area contributed by atoms with Crippen molar-refractivity contribution in [3.8, 4) is 17.2 Å². The van der Waals surface area contributed by atoms with E-state index in [-0.39, 0.29) is 0 Å². The van der Waals surface area contributed by atoms with Gasteiger partial charge in [0.05, 0.1) is 26.9 Å². The maximum Gasteiger partial charge on any atom is 0.130 e. The van der Waals surface area contributed by atoms with Gasteiger partial charge in [0, 0.05) is 31.3 Å². The van der Waals surface area contributed by atoms with Gasteiger partial charge in [-0.1, -0.05) is 0 Å². The summed E-state index contributed by atoms with van der Waals surface area (Å²) in [5.74, 6) is 2.32. The van der Waals surface area contributed by atoms with Crippen molar-refractivity contribution in [2.45, 2.75) is 19.0 Å². The Kier molecular flexibility index (Phi) is 5.09. The van der Waals surface area contributed by atoms with Crippen LogP contribution in [-0.4, -0.2) is 52.4 Å². The molecule has 1 aliphatic heterocycles. The van der Waals surface area contributed by atoms with Crippen LogP contribution < -0.4 is 19.5 Å². The number of hydrogen-bond acceptors (Lipinski definition) is 5. The summed E-state index contributed by atoms with van der Waals surface area (Å²) >= 11 is 0. The molecule has 1 aliphatic rings. The zero-order valence-electron chi connectivity index (χ0n) is 12.7. The lowest BCUT2D eigenvalue weighted by atomic mass is 10.1. The average molecular weight is 280 g/mol.